The number of nitrogens with zero attached hydrogens (tertiary/aromatic N) is 2. The van der Waals surface area contributed by atoms with Crippen LogP contribution in [0.15, 0.2) is 42.0 Å². The number of primary amides is 1. The van der Waals surface area contributed by atoms with Crippen LogP contribution in [0.25, 0.3) is 5.70 Å². The number of nitrogens with two attached hydrogens (primary N) is 1. The second kappa shape index (κ2) is 7.77. The number of nitro groups is 1. The number of hydrogen-bond donors (Lipinski definition) is 1. The molecule has 2 fully saturated rings. The number of quaternary nitrogens is 1. The summed E-state index contributed by atoms with van der Waals surface area (Å²) < 4.78 is 19.2. The van der Waals surface area contributed by atoms with Gasteiger partial charge in [0.25, 0.3) is 5.69 Å². The van der Waals surface area contributed by atoms with E-state index in [9.17, 15) is 19.3 Å². The lowest BCUT2D eigenvalue weighted by Gasteiger charge is -2.33. The Hall–Kier alpha value is -3.26. The predicted octanol–water partition coefficient (Wildman–Crippen LogP) is 3.00. The van der Waals surface area contributed by atoms with Crippen molar-refractivity contribution < 1.29 is 24.2 Å². The van der Waals surface area contributed by atoms with Crippen LogP contribution in [-0.2, 0) is 6.42 Å². The van der Waals surface area contributed by atoms with Gasteiger partial charge in [0.15, 0.2) is 12.3 Å². The predicted molar refractivity (Wildman–Crippen MR) is 111 cm³/mol. The molecule has 1 amide bonds. The topological polar surface area (TPSA) is 89.3 Å². The molecule has 0 radical (unpaired) electrons. The fourth-order valence-electron chi connectivity index (χ4n) is 4.12. The highest BCUT2D eigenvalue weighted by atomic mass is 19.1. The number of benzene rings is 2. The summed E-state index contributed by atoms with van der Waals surface area (Å²) in [5, 5.41) is 13.2. The summed E-state index contributed by atoms with van der Waals surface area (Å²) in [6.07, 6.45) is 4.69. The quantitative estimate of drug-likeness (QED) is 0.569. The van der Waals surface area contributed by atoms with Crippen molar-refractivity contribution in [1.82, 2.24) is 4.90 Å². The van der Waals surface area contributed by atoms with Crippen LogP contribution in [0, 0.1) is 15.9 Å². The molecule has 2 aromatic carbocycles. The van der Waals surface area contributed by atoms with E-state index in [1.165, 1.54) is 35.2 Å². The molecule has 0 saturated heterocycles. The van der Waals surface area contributed by atoms with E-state index in [0.29, 0.717) is 37.1 Å². The van der Waals surface area contributed by atoms with Gasteiger partial charge in [-0.25, -0.2) is 9.18 Å². The second-order valence-electron chi connectivity index (χ2n) is 8.29. The zero-order valence-corrected chi connectivity index (χ0v) is 17.0. The van der Waals surface area contributed by atoms with Crippen molar-refractivity contribution in [3.8, 4) is 5.75 Å². The van der Waals surface area contributed by atoms with Crippen LogP contribution in [0.3, 0.4) is 0 Å². The third kappa shape index (κ3) is 4.03. The Morgan fingerprint density at radius 1 is 1.26 bits per heavy atom. The number of hydrogen-bond acceptors (Lipinski definition) is 5. The third-order valence-corrected chi connectivity index (χ3v) is 5.94. The first-order chi connectivity index (χ1) is 15.0. The second-order valence-corrected chi connectivity index (χ2v) is 8.29. The summed E-state index contributed by atoms with van der Waals surface area (Å²) >= 11 is 0. The first-order valence-corrected chi connectivity index (χ1v) is 10.6. The molecular weight excluding hydrogens is 401 g/mol. The molecular formula is C23H23FN3O4+. The number of fused-ring (bicyclic) bond motifs is 1. The van der Waals surface area contributed by atoms with Gasteiger partial charge in [-0.05, 0) is 49.0 Å². The van der Waals surface area contributed by atoms with Gasteiger partial charge >= 0.3 is 5.91 Å². The smallest absolute Gasteiger partial charge is 0.349 e. The molecule has 0 unspecified atom stereocenters. The summed E-state index contributed by atoms with van der Waals surface area (Å²) in [6, 6.07) is 9.65. The van der Waals surface area contributed by atoms with Crippen LogP contribution in [0.1, 0.15) is 47.2 Å². The lowest BCUT2D eigenvalue weighted by Crippen LogP contribution is -2.88. The van der Waals surface area contributed by atoms with Gasteiger partial charge in [0.2, 0.25) is 0 Å². The summed E-state index contributed by atoms with van der Waals surface area (Å²) in [7, 11) is 0. The monoisotopic (exact) mass is 424 g/mol. The Kier molecular flexibility index (Phi) is 4.94. The van der Waals surface area contributed by atoms with Gasteiger partial charge in [0.05, 0.1) is 17.2 Å². The van der Waals surface area contributed by atoms with E-state index >= 15 is 0 Å². The van der Waals surface area contributed by atoms with E-state index in [0.717, 1.165) is 36.9 Å². The average Bonchev–Trinajstić information content (AvgIpc) is 3.65. The first-order valence-electron chi connectivity index (χ1n) is 10.6. The largest absolute Gasteiger partial charge is 0.472 e. The maximum Gasteiger partial charge on any atom is 0.349 e. The minimum Gasteiger partial charge on any atom is -0.472 e. The highest BCUT2D eigenvalue weighted by Gasteiger charge is 2.39. The van der Waals surface area contributed by atoms with Crippen LogP contribution >= 0.6 is 0 Å². The lowest BCUT2D eigenvalue weighted by molar-refractivity contribution is -0.554. The van der Waals surface area contributed by atoms with Gasteiger partial charge in [-0.15, -0.1) is 0 Å². The molecule has 31 heavy (non-hydrogen) atoms. The Bertz CT molecular complexity index is 1100. The third-order valence-electron chi connectivity index (χ3n) is 5.94. The minimum atomic E-state index is -0.501. The van der Waals surface area contributed by atoms with E-state index < -0.39 is 10.8 Å². The number of carbonyl (C=O) groups is 1. The average molecular weight is 424 g/mol. The van der Waals surface area contributed by atoms with Gasteiger partial charge in [0, 0.05) is 30.2 Å². The van der Waals surface area contributed by atoms with Crippen LogP contribution in [0.2, 0.25) is 0 Å². The molecule has 5 rings (SSSR count). The van der Waals surface area contributed by atoms with Crippen LogP contribution in [-0.4, -0.2) is 35.0 Å². The SMILES string of the molecule is O=C([NH2+]CCc1cccc(F)c1)c1cc2c(cc1[N+](=O)[O-])C(=C1CC1)N(C1CC1)CO2. The van der Waals surface area contributed by atoms with Gasteiger partial charge in [0.1, 0.15) is 11.6 Å². The molecule has 2 aromatic rings. The molecule has 0 aromatic heterocycles. The molecule has 160 valence electrons. The number of halogens is 1. The Balaban J connectivity index is 1.40. The molecule has 8 heteroatoms. The first kappa shape index (κ1) is 19.7. The van der Waals surface area contributed by atoms with E-state index in [-0.39, 0.29) is 17.1 Å². The van der Waals surface area contributed by atoms with Gasteiger partial charge < -0.3 is 9.64 Å². The van der Waals surface area contributed by atoms with Gasteiger partial charge in [-0.1, -0.05) is 12.1 Å². The number of ether oxygens (including phenoxy) is 1. The molecule has 1 aliphatic heterocycles. The molecule has 7 nitrogen and oxygen atoms in total. The fourth-order valence-corrected chi connectivity index (χ4v) is 4.12. The van der Waals surface area contributed by atoms with Crippen LogP contribution in [0.4, 0.5) is 10.1 Å². The zero-order valence-electron chi connectivity index (χ0n) is 17.0. The Morgan fingerprint density at radius 2 is 2.06 bits per heavy atom. The molecule has 0 bridgehead atoms. The number of rotatable bonds is 6. The summed E-state index contributed by atoms with van der Waals surface area (Å²) in [6.45, 7) is 0.771. The van der Waals surface area contributed by atoms with Crippen molar-refractivity contribution in [2.45, 2.75) is 38.1 Å². The van der Waals surface area contributed by atoms with Crippen molar-refractivity contribution in [2.24, 2.45) is 0 Å². The van der Waals surface area contributed by atoms with Crippen molar-refractivity contribution in [3.63, 3.8) is 0 Å². The maximum absolute atomic E-state index is 13.3. The minimum absolute atomic E-state index is 0.0306. The van der Waals surface area contributed by atoms with E-state index in [1.54, 1.807) is 12.1 Å². The Morgan fingerprint density at radius 3 is 2.74 bits per heavy atom. The molecule has 2 aliphatic carbocycles. The van der Waals surface area contributed by atoms with Crippen LogP contribution in [0.5, 0.6) is 5.75 Å². The molecule has 1 heterocycles. The number of allylic oxidation sites excluding steroid dienone is 1. The van der Waals surface area contributed by atoms with Crippen LogP contribution < -0.4 is 10.1 Å². The highest BCUT2D eigenvalue weighted by Crippen LogP contribution is 2.48. The standard InChI is InChI=1S/C23H22FN3O4/c24-16-3-1-2-14(10-16)8-9-25-23(28)18-12-21-19(11-20(18)27(29)30)22(15-4-5-15)26(13-31-21)17-6-7-17/h1-3,10-12,17H,4-9,13H2,(H,25,28)/p+1. The summed E-state index contributed by atoms with van der Waals surface area (Å²) in [5.41, 5.74) is 3.67. The summed E-state index contributed by atoms with van der Waals surface area (Å²) in [4.78, 5) is 26.3. The summed E-state index contributed by atoms with van der Waals surface area (Å²) in [5.74, 6) is -0.217. The van der Waals surface area contributed by atoms with E-state index in [4.69, 9.17) is 4.74 Å². The normalized spacial score (nSPS) is 17.3. The van der Waals surface area contributed by atoms with Crippen molar-refractivity contribution in [3.05, 3.63) is 74.6 Å². The molecule has 0 atom stereocenters. The zero-order chi connectivity index (χ0) is 21.5. The van der Waals surface area contributed by atoms with Crippen molar-refractivity contribution >= 4 is 17.3 Å². The highest BCUT2D eigenvalue weighted by molar-refractivity contribution is 5.94. The van der Waals surface area contributed by atoms with Gasteiger partial charge in [-0.2, -0.15) is 0 Å². The maximum atomic E-state index is 13.3. The van der Waals surface area contributed by atoms with Crippen molar-refractivity contribution in [1.29, 1.82) is 0 Å². The molecule has 2 N–H and O–H groups in total. The Labute approximate surface area is 178 Å². The van der Waals surface area contributed by atoms with E-state index in [1.807, 2.05) is 0 Å². The number of amides is 1. The molecule has 2 saturated carbocycles. The molecule has 3 aliphatic rings. The fraction of sp³-hybridized carbons (Fsp3) is 0.348. The van der Waals surface area contributed by atoms with Crippen molar-refractivity contribution in [2.75, 3.05) is 13.3 Å². The number of carbonyl (C=O) groups excluding carboxylic acids is 1. The van der Waals surface area contributed by atoms with Gasteiger partial charge in [-0.3, -0.25) is 15.4 Å². The number of nitro benzene ring substituents is 1. The molecule has 0 spiro atoms. The van der Waals surface area contributed by atoms with E-state index in [2.05, 4.69) is 4.90 Å². The lowest BCUT2D eigenvalue weighted by atomic mass is 10.0.